The zero-order valence-electron chi connectivity index (χ0n) is 18.6. The maximum Gasteiger partial charge on any atom is 0.153 e. The van der Waals surface area contributed by atoms with Crippen LogP contribution in [0.4, 0.5) is 11.5 Å². The Bertz CT molecular complexity index is 1260. The summed E-state index contributed by atoms with van der Waals surface area (Å²) >= 11 is 0. The zero-order valence-corrected chi connectivity index (χ0v) is 20.2. The number of pyridine rings is 1. The summed E-state index contributed by atoms with van der Waals surface area (Å²) in [7, 11) is -6.09. The lowest BCUT2D eigenvalue weighted by Gasteiger charge is -2.32. The first-order chi connectivity index (χ1) is 15.7. The molecule has 10 heteroatoms. The summed E-state index contributed by atoms with van der Waals surface area (Å²) < 4.78 is 45.5. The highest BCUT2D eigenvalue weighted by atomic mass is 32.3. The number of hydrogen-bond donors (Lipinski definition) is 4. The monoisotopic (exact) mass is 490 g/mol. The minimum Gasteiger partial charge on any atom is -0.383 e. The summed E-state index contributed by atoms with van der Waals surface area (Å²) in [6.45, 7) is 3.31. The van der Waals surface area contributed by atoms with E-state index in [0.29, 0.717) is 23.8 Å². The van der Waals surface area contributed by atoms with E-state index in [2.05, 4.69) is 5.32 Å². The number of fused-ring (bicyclic) bond motifs is 2. The Balaban J connectivity index is 1.68. The van der Waals surface area contributed by atoms with Crippen molar-refractivity contribution in [2.75, 3.05) is 47.1 Å². The van der Waals surface area contributed by atoms with E-state index in [-0.39, 0.29) is 30.3 Å². The third-order valence-electron chi connectivity index (χ3n) is 5.76. The average Bonchev–Trinajstić information content (AvgIpc) is 2.90. The smallest absolute Gasteiger partial charge is 0.153 e. The number of sulfone groups is 1. The van der Waals surface area contributed by atoms with Gasteiger partial charge in [-0.15, -0.1) is 0 Å². The summed E-state index contributed by atoms with van der Waals surface area (Å²) in [5.74, 6) is 0.881. The second-order valence-electron chi connectivity index (χ2n) is 8.32. The molecule has 0 radical (unpaired) electrons. The van der Waals surface area contributed by atoms with Crippen molar-refractivity contribution in [2.45, 2.75) is 18.4 Å². The lowest BCUT2D eigenvalue weighted by molar-refractivity contribution is 0.488. The Morgan fingerprint density at radius 1 is 1.15 bits per heavy atom. The molecule has 3 aromatic rings. The van der Waals surface area contributed by atoms with Crippen LogP contribution in [-0.2, 0) is 16.4 Å². The van der Waals surface area contributed by atoms with E-state index in [9.17, 15) is 17.5 Å². The minimum absolute atomic E-state index is 0.00679. The number of anilines is 2. The molecule has 0 saturated heterocycles. The molecule has 2 aromatic carbocycles. The first-order valence-corrected chi connectivity index (χ1v) is 14.4. The first kappa shape index (κ1) is 23.8. The molecule has 4 rings (SSSR count). The van der Waals surface area contributed by atoms with E-state index in [1.165, 1.54) is 0 Å². The number of benzene rings is 2. The molecule has 178 valence electrons. The van der Waals surface area contributed by atoms with Gasteiger partial charge in [0.05, 0.1) is 27.7 Å². The van der Waals surface area contributed by atoms with Crippen LogP contribution >= 0.6 is 10.6 Å². The van der Waals surface area contributed by atoms with Gasteiger partial charge in [-0.25, -0.2) is 13.4 Å². The number of aromatic nitrogens is 1. The standard InChI is InChI=1S/C23H30N4O4S2/c1-17-6-7-20-19(14-17)21(25-9-12-32(28,29)11-8-24)15-23(26-20)27-10-13-33(30,31)22-5-3-2-4-18(22)16-27/h2-7,14-15,30-31H,8-13,16,24H2,1H3,(H,25,26). The quantitative estimate of drug-likeness (QED) is 0.396. The first-order valence-electron chi connectivity index (χ1n) is 10.8. The fourth-order valence-electron chi connectivity index (χ4n) is 4.04. The van der Waals surface area contributed by atoms with E-state index in [4.69, 9.17) is 10.7 Å². The van der Waals surface area contributed by atoms with Gasteiger partial charge in [0.15, 0.2) is 9.84 Å². The zero-order chi connectivity index (χ0) is 23.6. The number of nitrogens with one attached hydrogen (secondary N) is 1. The predicted octanol–water partition coefficient (Wildman–Crippen LogP) is 3.46. The normalized spacial score (nSPS) is 16.8. The maximum atomic E-state index is 12.1. The molecule has 1 aliphatic rings. The van der Waals surface area contributed by atoms with E-state index < -0.39 is 20.4 Å². The second kappa shape index (κ2) is 9.47. The number of nitrogens with two attached hydrogens (primary N) is 1. The van der Waals surface area contributed by atoms with Crippen molar-refractivity contribution in [3.63, 3.8) is 0 Å². The Labute approximate surface area is 196 Å². The van der Waals surface area contributed by atoms with Gasteiger partial charge in [-0.3, -0.25) is 9.11 Å². The molecule has 0 amide bonds. The third-order valence-corrected chi connectivity index (χ3v) is 9.30. The molecular formula is C23H30N4O4S2. The molecule has 0 spiro atoms. The van der Waals surface area contributed by atoms with Crippen molar-refractivity contribution in [2.24, 2.45) is 5.73 Å². The van der Waals surface area contributed by atoms with Crippen molar-refractivity contribution in [3.05, 3.63) is 59.7 Å². The number of aryl methyl sites for hydroxylation is 1. The molecule has 0 unspecified atom stereocenters. The molecule has 0 aliphatic carbocycles. The van der Waals surface area contributed by atoms with E-state index >= 15 is 0 Å². The van der Waals surface area contributed by atoms with Crippen LogP contribution in [0.25, 0.3) is 10.9 Å². The molecule has 0 saturated carbocycles. The lowest BCUT2D eigenvalue weighted by Crippen LogP contribution is -2.26. The van der Waals surface area contributed by atoms with E-state index in [1.54, 1.807) is 6.07 Å². The van der Waals surface area contributed by atoms with Crippen LogP contribution in [0.5, 0.6) is 0 Å². The molecule has 0 fully saturated rings. The molecule has 8 nitrogen and oxygen atoms in total. The van der Waals surface area contributed by atoms with Gasteiger partial charge in [-0.2, -0.15) is 10.6 Å². The second-order valence-corrected chi connectivity index (χ2v) is 12.8. The number of nitrogens with zero attached hydrogens (tertiary/aromatic N) is 2. The van der Waals surface area contributed by atoms with Crippen LogP contribution in [0, 0.1) is 6.92 Å². The Hall–Kier alpha value is -2.37. The minimum atomic E-state index is -3.21. The molecule has 33 heavy (non-hydrogen) atoms. The maximum absolute atomic E-state index is 12.1. The molecule has 0 bridgehead atoms. The summed E-state index contributed by atoms with van der Waals surface area (Å²) in [6.07, 6.45) is 0. The summed E-state index contributed by atoms with van der Waals surface area (Å²) in [6, 6.07) is 15.3. The van der Waals surface area contributed by atoms with Crippen LogP contribution in [0.3, 0.4) is 0 Å². The van der Waals surface area contributed by atoms with E-state index in [1.807, 2.05) is 54.3 Å². The van der Waals surface area contributed by atoms with Gasteiger partial charge >= 0.3 is 0 Å². The van der Waals surface area contributed by atoms with Crippen molar-refractivity contribution in [3.8, 4) is 0 Å². The van der Waals surface area contributed by atoms with Gasteiger partial charge in [0.2, 0.25) is 0 Å². The SMILES string of the molecule is Cc1ccc2nc(N3CCS(O)(O)c4ccccc4C3)cc(NCCS(=O)(=O)CCN)c2c1. The third kappa shape index (κ3) is 5.42. The van der Waals surface area contributed by atoms with Gasteiger partial charge < -0.3 is 16.0 Å². The van der Waals surface area contributed by atoms with Gasteiger partial charge in [-0.05, 0) is 30.7 Å². The number of hydrogen-bond acceptors (Lipinski definition) is 8. The van der Waals surface area contributed by atoms with Crippen molar-refractivity contribution >= 4 is 42.8 Å². The number of rotatable bonds is 7. The van der Waals surface area contributed by atoms with Crippen molar-refractivity contribution < 1.29 is 17.5 Å². The molecule has 5 N–H and O–H groups in total. The highest BCUT2D eigenvalue weighted by molar-refractivity contribution is 8.24. The summed E-state index contributed by atoms with van der Waals surface area (Å²) in [5.41, 5.74) is 8.93. The molecule has 2 heterocycles. The fraction of sp³-hybridized carbons (Fsp3) is 0.348. The summed E-state index contributed by atoms with van der Waals surface area (Å²) in [4.78, 5) is 7.47. The average molecular weight is 491 g/mol. The highest BCUT2D eigenvalue weighted by Gasteiger charge is 2.26. The van der Waals surface area contributed by atoms with Crippen molar-refractivity contribution in [1.82, 2.24) is 4.98 Å². The molecule has 1 aromatic heterocycles. The summed E-state index contributed by atoms with van der Waals surface area (Å²) in [5, 5.41) is 4.19. The van der Waals surface area contributed by atoms with Crippen LogP contribution in [0.2, 0.25) is 0 Å². The molecular weight excluding hydrogens is 460 g/mol. The van der Waals surface area contributed by atoms with Gasteiger partial charge in [0, 0.05) is 43.3 Å². The van der Waals surface area contributed by atoms with Crippen LogP contribution in [-0.4, -0.2) is 59.4 Å². The van der Waals surface area contributed by atoms with Gasteiger partial charge in [0.1, 0.15) is 5.82 Å². The predicted molar refractivity (Wildman–Crippen MR) is 136 cm³/mol. The van der Waals surface area contributed by atoms with Gasteiger partial charge in [-0.1, -0.05) is 29.8 Å². The van der Waals surface area contributed by atoms with Crippen LogP contribution in [0.15, 0.2) is 53.4 Å². The van der Waals surface area contributed by atoms with Crippen LogP contribution in [0.1, 0.15) is 11.1 Å². The highest BCUT2D eigenvalue weighted by Crippen LogP contribution is 2.51. The van der Waals surface area contributed by atoms with Crippen molar-refractivity contribution in [1.29, 1.82) is 0 Å². The Morgan fingerprint density at radius 3 is 2.73 bits per heavy atom. The lowest BCUT2D eigenvalue weighted by atomic mass is 10.1. The molecule has 0 atom stereocenters. The fourth-order valence-corrected chi connectivity index (χ4v) is 6.56. The largest absolute Gasteiger partial charge is 0.383 e. The topological polar surface area (TPSA) is 129 Å². The van der Waals surface area contributed by atoms with E-state index in [0.717, 1.165) is 27.7 Å². The molecule has 1 aliphatic heterocycles. The Kier molecular flexibility index (Phi) is 6.83. The van der Waals surface area contributed by atoms with Gasteiger partial charge in [0.25, 0.3) is 0 Å². The van der Waals surface area contributed by atoms with Crippen LogP contribution < -0.4 is 16.0 Å². The Morgan fingerprint density at radius 2 is 1.94 bits per heavy atom.